The van der Waals surface area contributed by atoms with Crippen molar-refractivity contribution in [2.75, 3.05) is 18.0 Å². The van der Waals surface area contributed by atoms with Gasteiger partial charge in [0.1, 0.15) is 5.82 Å². The molecular formula is C13H18N2O. The van der Waals surface area contributed by atoms with Gasteiger partial charge in [0, 0.05) is 19.3 Å². The maximum absolute atomic E-state index is 9.40. The van der Waals surface area contributed by atoms with E-state index in [1.807, 2.05) is 12.1 Å². The molecular weight excluding hydrogens is 200 g/mol. The third kappa shape index (κ3) is 2.42. The maximum atomic E-state index is 9.40. The minimum absolute atomic E-state index is 0.440. The van der Waals surface area contributed by atoms with E-state index in [0.717, 1.165) is 30.9 Å². The van der Waals surface area contributed by atoms with Gasteiger partial charge in [-0.3, -0.25) is 0 Å². The van der Waals surface area contributed by atoms with E-state index in [9.17, 15) is 5.11 Å². The fourth-order valence-corrected chi connectivity index (χ4v) is 1.81. The Balaban J connectivity index is 2.10. The number of aromatic nitrogens is 1. The van der Waals surface area contributed by atoms with Gasteiger partial charge in [0.05, 0.1) is 6.10 Å². The van der Waals surface area contributed by atoms with Crippen LogP contribution >= 0.6 is 0 Å². The first kappa shape index (κ1) is 11.1. The molecule has 0 spiro atoms. The third-order valence-corrected chi connectivity index (χ3v) is 3.01. The molecule has 0 bridgehead atoms. The number of rotatable bonds is 2. The lowest BCUT2D eigenvalue weighted by molar-refractivity contribution is 0.199. The van der Waals surface area contributed by atoms with E-state index in [4.69, 9.17) is 0 Å². The summed E-state index contributed by atoms with van der Waals surface area (Å²) in [6.45, 7) is 5.89. The second-order valence-electron chi connectivity index (χ2n) is 4.37. The SMILES string of the molecule is CC1=CCN(c2ccc([C@@H](C)O)cn2)CC1. The normalized spacial score (nSPS) is 18.2. The van der Waals surface area contributed by atoms with Crippen molar-refractivity contribution < 1.29 is 5.11 Å². The summed E-state index contributed by atoms with van der Waals surface area (Å²) in [5.41, 5.74) is 2.32. The number of hydrogen-bond acceptors (Lipinski definition) is 3. The van der Waals surface area contributed by atoms with Crippen LogP contribution in [0, 0.1) is 0 Å². The summed E-state index contributed by atoms with van der Waals surface area (Å²) in [7, 11) is 0. The smallest absolute Gasteiger partial charge is 0.128 e. The molecule has 1 aromatic rings. The minimum atomic E-state index is -0.440. The van der Waals surface area contributed by atoms with Crippen LogP contribution < -0.4 is 4.90 Å². The Morgan fingerprint density at radius 3 is 2.75 bits per heavy atom. The van der Waals surface area contributed by atoms with Crippen LogP contribution in [0.15, 0.2) is 30.0 Å². The fraction of sp³-hybridized carbons (Fsp3) is 0.462. The van der Waals surface area contributed by atoms with E-state index >= 15 is 0 Å². The van der Waals surface area contributed by atoms with Crippen LogP contribution in [0.3, 0.4) is 0 Å². The quantitative estimate of drug-likeness (QED) is 0.774. The molecule has 1 N–H and O–H groups in total. The first-order chi connectivity index (χ1) is 7.66. The second kappa shape index (κ2) is 4.66. The molecule has 0 saturated carbocycles. The van der Waals surface area contributed by atoms with Crippen LogP contribution in [-0.2, 0) is 0 Å². The van der Waals surface area contributed by atoms with Gasteiger partial charge in [-0.15, -0.1) is 0 Å². The van der Waals surface area contributed by atoms with Gasteiger partial charge in [-0.25, -0.2) is 4.98 Å². The lowest BCUT2D eigenvalue weighted by atomic mass is 10.1. The van der Waals surface area contributed by atoms with Crippen molar-refractivity contribution in [3.8, 4) is 0 Å². The zero-order valence-electron chi connectivity index (χ0n) is 9.85. The van der Waals surface area contributed by atoms with Crippen molar-refractivity contribution in [1.82, 2.24) is 4.98 Å². The molecule has 2 heterocycles. The van der Waals surface area contributed by atoms with E-state index in [1.165, 1.54) is 5.57 Å². The van der Waals surface area contributed by atoms with E-state index in [1.54, 1.807) is 13.1 Å². The Kier molecular flexibility index (Phi) is 3.25. The van der Waals surface area contributed by atoms with E-state index in [2.05, 4.69) is 22.9 Å². The molecule has 0 radical (unpaired) electrons. The maximum Gasteiger partial charge on any atom is 0.128 e. The van der Waals surface area contributed by atoms with Gasteiger partial charge in [0.2, 0.25) is 0 Å². The highest BCUT2D eigenvalue weighted by Gasteiger charge is 2.11. The van der Waals surface area contributed by atoms with Gasteiger partial charge in [0.25, 0.3) is 0 Å². The Hall–Kier alpha value is -1.35. The Bertz CT molecular complexity index is 381. The highest BCUT2D eigenvalue weighted by atomic mass is 16.3. The highest BCUT2D eigenvalue weighted by Crippen LogP contribution is 2.19. The standard InChI is InChI=1S/C13H18N2O/c1-10-5-7-15(8-6-10)13-4-3-12(9-14-13)11(2)16/h3-5,9,11,16H,6-8H2,1-2H3/t11-/m1/s1. The van der Waals surface area contributed by atoms with Gasteiger partial charge in [-0.1, -0.05) is 17.7 Å². The van der Waals surface area contributed by atoms with Crippen molar-refractivity contribution in [3.63, 3.8) is 0 Å². The van der Waals surface area contributed by atoms with Crippen LogP contribution in [-0.4, -0.2) is 23.2 Å². The molecule has 0 fully saturated rings. The summed E-state index contributed by atoms with van der Waals surface area (Å²) < 4.78 is 0. The molecule has 3 nitrogen and oxygen atoms in total. The van der Waals surface area contributed by atoms with Gasteiger partial charge in [0.15, 0.2) is 0 Å². The monoisotopic (exact) mass is 218 g/mol. The predicted octanol–water partition coefficient (Wildman–Crippen LogP) is 2.29. The molecule has 0 amide bonds. The molecule has 3 heteroatoms. The van der Waals surface area contributed by atoms with Gasteiger partial charge in [-0.05, 0) is 31.9 Å². The van der Waals surface area contributed by atoms with E-state index < -0.39 is 6.10 Å². The molecule has 0 aliphatic carbocycles. The number of anilines is 1. The molecule has 1 aliphatic heterocycles. The van der Waals surface area contributed by atoms with Crippen molar-refractivity contribution >= 4 is 5.82 Å². The molecule has 1 aliphatic rings. The summed E-state index contributed by atoms with van der Waals surface area (Å²) >= 11 is 0. The average molecular weight is 218 g/mol. The summed E-state index contributed by atoms with van der Waals surface area (Å²) in [6, 6.07) is 3.93. The molecule has 0 unspecified atom stereocenters. The van der Waals surface area contributed by atoms with Crippen molar-refractivity contribution in [2.24, 2.45) is 0 Å². The molecule has 0 aromatic carbocycles. The molecule has 1 atom stereocenters. The second-order valence-corrected chi connectivity index (χ2v) is 4.37. The number of pyridine rings is 1. The van der Waals surface area contributed by atoms with E-state index in [0.29, 0.717) is 0 Å². The van der Waals surface area contributed by atoms with Gasteiger partial charge in [-0.2, -0.15) is 0 Å². The molecule has 86 valence electrons. The lowest BCUT2D eigenvalue weighted by Crippen LogP contribution is -2.28. The van der Waals surface area contributed by atoms with Gasteiger partial charge < -0.3 is 10.0 Å². The zero-order valence-corrected chi connectivity index (χ0v) is 9.85. The molecule has 2 rings (SSSR count). The Morgan fingerprint density at radius 2 is 2.25 bits per heavy atom. The third-order valence-electron chi connectivity index (χ3n) is 3.01. The fourth-order valence-electron chi connectivity index (χ4n) is 1.81. The van der Waals surface area contributed by atoms with Crippen LogP contribution in [0.2, 0.25) is 0 Å². The topological polar surface area (TPSA) is 36.4 Å². The van der Waals surface area contributed by atoms with Crippen LogP contribution in [0.25, 0.3) is 0 Å². The van der Waals surface area contributed by atoms with Crippen LogP contribution in [0.5, 0.6) is 0 Å². The molecule has 0 saturated heterocycles. The van der Waals surface area contributed by atoms with Crippen LogP contribution in [0.4, 0.5) is 5.82 Å². The highest BCUT2D eigenvalue weighted by molar-refractivity contribution is 5.42. The van der Waals surface area contributed by atoms with Crippen molar-refractivity contribution in [1.29, 1.82) is 0 Å². The van der Waals surface area contributed by atoms with Crippen LogP contribution in [0.1, 0.15) is 31.9 Å². The largest absolute Gasteiger partial charge is 0.389 e. The molecule has 16 heavy (non-hydrogen) atoms. The zero-order chi connectivity index (χ0) is 11.5. The number of aliphatic hydroxyl groups is 1. The van der Waals surface area contributed by atoms with Crippen molar-refractivity contribution in [2.45, 2.75) is 26.4 Å². The molecule has 1 aromatic heterocycles. The summed E-state index contributed by atoms with van der Waals surface area (Å²) in [6.07, 6.45) is 4.67. The first-order valence-electron chi connectivity index (χ1n) is 5.71. The predicted molar refractivity (Wildman–Crippen MR) is 65.5 cm³/mol. The van der Waals surface area contributed by atoms with E-state index in [-0.39, 0.29) is 0 Å². The first-order valence-corrected chi connectivity index (χ1v) is 5.71. The summed E-state index contributed by atoms with van der Waals surface area (Å²) in [5.74, 6) is 0.994. The van der Waals surface area contributed by atoms with Gasteiger partial charge >= 0.3 is 0 Å². The Morgan fingerprint density at radius 1 is 1.44 bits per heavy atom. The number of aliphatic hydroxyl groups excluding tert-OH is 1. The summed E-state index contributed by atoms with van der Waals surface area (Å²) in [4.78, 5) is 6.63. The summed E-state index contributed by atoms with van der Waals surface area (Å²) in [5, 5.41) is 9.40. The average Bonchev–Trinajstić information content (AvgIpc) is 2.30. The van der Waals surface area contributed by atoms with Crippen molar-refractivity contribution in [3.05, 3.63) is 35.5 Å². The number of nitrogens with zero attached hydrogens (tertiary/aromatic N) is 2. The number of hydrogen-bond donors (Lipinski definition) is 1. The Labute approximate surface area is 96.4 Å². The minimum Gasteiger partial charge on any atom is -0.389 e. The lowest BCUT2D eigenvalue weighted by Gasteiger charge is -2.26.